The number of fused-ring (bicyclic) bond motifs is 3. The maximum atomic E-state index is 15.1. The fourth-order valence-electron chi connectivity index (χ4n) is 8.01. The largest absolute Gasteiger partial charge is 0.497 e. The zero-order chi connectivity index (χ0) is 40.0. The number of methoxy groups -OCH3 is 1. The summed E-state index contributed by atoms with van der Waals surface area (Å²) in [5.74, 6) is -2.37. The summed E-state index contributed by atoms with van der Waals surface area (Å²) in [6.07, 6.45) is 5.08. The predicted molar refractivity (Wildman–Crippen MR) is 204 cm³/mol. The second kappa shape index (κ2) is 15.4. The Balaban J connectivity index is 1.40. The molecule has 0 radical (unpaired) electrons. The predicted octanol–water partition coefficient (Wildman–Crippen LogP) is 4.67. The van der Waals surface area contributed by atoms with Crippen molar-refractivity contribution in [3.05, 3.63) is 35.5 Å². The molecule has 2 aliphatic carbocycles. The van der Waals surface area contributed by atoms with Gasteiger partial charge in [0.1, 0.15) is 29.5 Å². The fraction of sp³-hybridized carbons (Fsp3) is 0.632. The number of hydrogen-bond acceptors (Lipinski definition) is 10. The van der Waals surface area contributed by atoms with Crippen molar-refractivity contribution in [1.29, 1.82) is 0 Å². The topological polar surface area (TPSA) is 197 Å². The van der Waals surface area contributed by atoms with Crippen LogP contribution >= 0.6 is 11.6 Å². The molecule has 15 nitrogen and oxygen atoms in total. The zero-order valence-electron chi connectivity index (χ0n) is 32.1. The quantitative estimate of drug-likeness (QED) is 0.314. The first-order valence-electron chi connectivity index (χ1n) is 18.9. The minimum atomic E-state index is -3.93. The van der Waals surface area contributed by atoms with E-state index < -0.39 is 80.2 Å². The van der Waals surface area contributed by atoms with Crippen LogP contribution in [0, 0.1) is 17.8 Å². The normalized spacial score (nSPS) is 29.5. The molecule has 7 atom stereocenters. The molecular formula is C38H51ClN6O9S. The van der Waals surface area contributed by atoms with Gasteiger partial charge in [0.2, 0.25) is 21.8 Å². The van der Waals surface area contributed by atoms with Crippen LogP contribution in [0.5, 0.6) is 11.6 Å². The first-order valence-corrected chi connectivity index (χ1v) is 20.9. The summed E-state index contributed by atoms with van der Waals surface area (Å²) in [6, 6.07) is 2.69. The maximum absolute atomic E-state index is 15.1. The molecule has 2 saturated carbocycles. The van der Waals surface area contributed by atoms with E-state index in [2.05, 4.69) is 26.9 Å². The standard InChI is InChI=1S/C38H51ClN6O9S/c1-7-22-16-21(2)10-8-9-11-23-19-38(23,35(48)43-55(51,52)26-13-14-26)42-32(46)29-18-25(20-44(29)34(47)30(22)45(36(49)50)37(3,4)5)54-33-31(39)40-27-15-12-24(53-6)17-28(27)41-33/h9,11-12,15,17,21-23,25-26,29-30H,7-8,10,13-14,16,18-20H2,1-6H3,(H,42,46)(H,43,48)(H,49,50)/b11-9-/t21-,22-,23-,25-,29+,30+,38-/m1/s1. The lowest BCUT2D eigenvalue weighted by Crippen LogP contribution is -2.62. The van der Waals surface area contributed by atoms with Crippen molar-refractivity contribution in [1.82, 2.24) is 29.8 Å². The summed E-state index contributed by atoms with van der Waals surface area (Å²) in [5, 5.41) is 12.8. The number of carboxylic acid groups (broad SMARTS) is 1. The molecule has 2 aromatic rings. The zero-order valence-corrected chi connectivity index (χ0v) is 33.7. The highest BCUT2D eigenvalue weighted by molar-refractivity contribution is 7.91. The Morgan fingerprint density at radius 1 is 1.15 bits per heavy atom. The smallest absolute Gasteiger partial charge is 0.408 e. The van der Waals surface area contributed by atoms with Gasteiger partial charge in [-0.25, -0.2) is 23.2 Å². The van der Waals surface area contributed by atoms with Crippen LogP contribution in [0.15, 0.2) is 30.4 Å². The minimum absolute atomic E-state index is 0.0322. The molecule has 4 aliphatic rings. The third-order valence-corrected chi connectivity index (χ3v) is 13.3. The first-order chi connectivity index (χ1) is 25.9. The number of halogens is 1. The van der Waals surface area contributed by atoms with Crippen LogP contribution in [0.2, 0.25) is 5.15 Å². The lowest BCUT2D eigenvalue weighted by molar-refractivity contribution is -0.146. The van der Waals surface area contributed by atoms with E-state index in [4.69, 9.17) is 21.1 Å². The summed E-state index contributed by atoms with van der Waals surface area (Å²) in [6.45, 7) is 9.04. The molecule has 1 aromatic carbocycles. The van der Waals surface area contributed by atoms with Gasteiger partial charge in [0.05, 0.1) is 29.9 Å². The number of carbonyl (C=O) groups is 4. The number of nitrogens with zero attached hydrogens (tertiary/aromatic N) is 4. The van der Waals surface area contributed by atoms with Crippen molar-refractivity contribution in [3.63, 3.8) is 0 Å². The van der Waals surface area contributed by atoms with Crippen molar-refractivity contribution in [2.45, 2.75) is 121 Å². The summed E-state index contributed by atoms with van der Waals surface area (Å²) in [4.78, 5) is 68.0. The van der Waals surface area contributed by atoms with Crippen molar-refractivity contribution in [2.24, 2.45) is 17.8 Å². The molecule has 300 valence electrons. The molecule has 2 aliphatic heterocycles. The molecule has 55 heavy (non-hydrogen) atoms. The molecular weight excluding hydrogens is 752 g/mol. The summed E-state index contributed by atoms with van der Waals surface area (Å²) < 4.78 is 39.6. The van der Waals surface area contributed by atoms with Crippen LogP contribution in [0.3, 0.4) is 0 Å². The number of ether oxygens (including phenoxy) is 2. The van der Waals surface area contributed by atoms with Gasteiger partial charge in [0, 0.05) is 23.9 Å². The van der Waals surface area contributed by atoms with Crippen LogP contribution in [0.25, 0.3) is 11.0 Å². The first kappa shape index (κ1) is 40.5. The van der Waals surface area contributed by atoms with Crippen molar-refractivity contribution in [2.75, 3.05) is 13.7 Å². The summed E-state index contributed by atoms with van der Waals surface area (Å²) >= 11 is 6.54. The van der Waals surface area contributed by atoms with Gasteiger partial charge in [-0.15, -0.1) is 0 Å². The number of allylic oxidation sites excluding steroid dienone is 1. The Bertz CT molecular complexity index is 1990. The van der Waals surface area contributed by atoms with E-state index in [9.17, 15) is 27.9 Å². The van der Waals surface area contributed by atoms with Gasteiger partial charge < -0.3 is 24.8 Å². The highest BCUT2D eigenvalue weighted by atomic mass is 35.5. The number of sulfonamides is 1. The van der Waals surface area contributed by atoms with E-state index in [1.54, 1.807) is 39.0 Å². The SMILES string of the molecule is CC[C@@H]1C[C@H](C)CC/C=C\[C@@H]2C[C@@]2(C(=O)NS(=O)(=O)C2CC2)NC(=O)[C@@H]2C[C@@H](Oc3nc4cc(OC)ccc4nc3Cl)CN2C(=O)[C@H]1N(C(=O)O)C(C)(C)C. The molecule has 3 N–H and O–H groups in total. The van der Waals surface area contributed by atoms with Crippen molar-refractivity contribution < 1.29 is 42.2 Å². The van der Waals surface area contributed by atoms with Gasteiger partial charge in [0.25, 0.3) is 11.8 Å². The second-order valence-electron chi connectivity index (χ2n) is 16.4. The molecule has 4 amide bonds. The van der Waals surface area contributed by atoms with Crippen LogP contribution in [-0.4, -0.2) is 105 Å². The third-order valence-electron chi connectivity index (χ3n) is 11.2. The van der Waals surface area contributed by atoms with Crippen LogP contribution in [0.1, 0.15) is 86.0 Å². The number of rotatable bonds is 8. The molecule has 0 bridgehead atoms. The molecule has 3 fully saturated rings. The van der Waals surface area contributed by atoms with Gasteiger partial charge in [-0.05, 0) is 83.3 Å². The average Bonchev–Trinajstić information content (AvgIpc) is 4.04. The number of aromatic nitrogens is 2. The lowest BCUT2D eigenvalue weighted by Gasteiger charge is -2.44. The Labute approximate surface area is 326 Å². The summed E-state index contributed by atoms with van der Waals surface area (Å²) in [5.41, 5.74) is -1.63. The van der Waals surface area contributed by atoms with Gasteiger partial charge in [-0.1, -0.05) is 44.0 Å². The van der Waals surface area contributed by atoms with E-state index >= 15 is 4.79 Å². The molecule has 1 aromatic heterocycles. The molecule has 0 unspecified atom stereocenters. The van der Waals surface area contributed by atoms with Gasteiger partial charge in [0.15, 0.2) is 5.15 Å². The van der Waals surface area contributed by atoms with Crippen LogP contribution in [-0.2, 0) is 24.4 Å². The van der Waals surface area contributed by atoms with Gasteiger partial charge in [-0.2, -0.15) is 0 Å². The lowest BCUT2D eigenvalue weighted by atomic mass is 9.82. The Kier molecular flexibility index (Phi) is 11.3. The minimum Gasteiger partial charge on any atom is -0.497 e. The number of carbonyl (C=O) groups excluding carboxylic acids is 3. The van der Waals surface area contributed by atoms with Crippen LogP contribution in [0.4, 0.5) is 4.79 Å². The molecule has 0 spiro atoms. The molecule has 3 heterocycles. The Morgan fingerprint density at radius 3 is 2.51 bits per heavy atom. The number of benzene rings is 1. The Hall–Kier alpha value is -4.18. The summed E-state index contributed by atoms with van der Waals surface area (Å²) in [7, 11) is -2.41. The second-order valence-corrected chi connectivity index (χ2v) is 18.7. The number of nitrogens with one attached hydrogen (secondary N) is 2. The van der Waals surface area contributed by atoms with E-state index in [1.807, 2.05) is 19.1 Å². The molecule has 17 heteroatoms. The number of hydrogen-bond donors (Lipinski definition) is 3. The molecule has 6 rings (SSSR count). The van der Waals surface area contributed by atoms with Gasteiger partial charge in [-0.3, -0.25) is 24.0 Å². The van der Waals surface area contributed by atoms with Crippen molar-refractivity contribution >= 4 is 56.5 Å². The van der Waals surface area contributed by atoms with Crippen LogP contribution < -0.4 is 19.5 Å². The van der Waals surface area contributed by atoms with E-state index in [0.717, 1.165) is 6.42 Å². The third kappa shape index (κ3) is 8.49. The van der Waals surface area contributed by atoms with E-state index in [0.29, 0.717) is 48.9 Å². The van der Waals surface area contributed by atoms with E-state index in [1.165, 1.54) is 16.9 Å². The average molecular weight is 803 g/mol. The highest BCUT2D eigenvalue weighted by Gasteiger charge is 2.62. The maximum Gasteiger partial charge on any atom is 0.408 e. The van der Waals surface area contributed by atoms with Gasteiger partial charge >= 0.3 is 6.09 Å². The number of amides is 4. The van der Waals surface area contributed by atoms with E-state index in [-0.39, 0.29) is 36.3 Å². The monoisotopic (exact) mass is 802 g/mol. The Morgan fingerprint density at radius 2 is 1.87 bits per heavy atom. The van der Waals surface area contributed by atoms with Crippen molar-refractivity contribution in [3.8, 4) is 11.6 Å². The molecule has 1 saturated heterocycles. The fourth-order valence-corrected chi connectivity index (χ4v) is 9.55. The highest BCUT2D eigenvalue weighted by Crippen LogP contribution is 2.46.